The van der Waals surface area contributed by atoms with Crippen LogP contribution in [0.15, 0.2) is 0 Å². The fraction of sp³-hybridized carbons (Fsp3) is 1.00. The smallest absolute Gasteiger partial charge is 0.0793 e. The van der Waals surface area contributed by atoms with Crippen LogP contribution in [0.1, 0.15) is 51.9 Å². The molecule has 2 aliphatic heterocycles. The van der Waals surface area contributed by atoms with Crippen molar-refractivity contribution in [2.45, 2.75) is 64.0 Å². The van der Waals surface area contributed by atoms with E-state index < -0.39 is 0 Å². The van der Waals surface area contributed by atoms with Crippen LogP contribution in [0.25, 0.3) is 0 Å². The highest BCUT2D eigenvalue weighted by molar-refractivity contribution is 4.90. The van der Waals surface area contributed by atoms with Crippen molar-refractivity contribution < 1.29 is 5.11 Å². The van der Waals surface area contributed by atoms with E-state index in [9.17, 15) is 5.11 Å². The molecule has 0 bridgehead atoms. The Labute approximate surface area is 124 Å². The van der Waals surface area contributed by atoms with Crippen LogP contribution >= 0.6 is 0 Å². The maximum atomic E-state index is 10.4. The number of piperidine rings is 1. The third-order valence-electron chi connectivity index (χ3n) is 5.90. The number of rotatable bonds is 5. The van der Waals surface area contributed by atoms with Gasteiger partial charge >= 0.3 is 0 Å². The molecule has 2 heterocycles. The molecule has 0 aromatic heterocycles. The zero-order valence-corrected chi connectivity index (χ0v) is 13.1. The molecule has 116 valence electrons. The average molecular weight is 280 g/mol. The SMILES string of the molecule is CC1CCN(CC(O)CN2CCCC2C2CCC2)CC1. The van der Waals surface area contributed by atoms with Crippen LogP contribution in [0, 0.1) is 11.8 Å². The van der Waals surface area contributed by atoms with Crippen molar-refractivity contribution in [3.63, 3.8) is 0 Å². The first-order chi connectivity index (χ1) is 9.72. The van der Waals surface area contributed by atoms with Crippen molar-refractivity contribution in [2.24, 2.45) is 11.8 Å². The Morgan fingerprint density at radius 1 is 0.950 bits per heavy atom. The second kappa shape index (κ2) is 6.76. The summed E-state index contributed by atoms with van der Waals surface area (Å²) in [4.78, 5) is 5.07. The summed E-state index contributed by atoms with van der Waals surface area (Å²) < 4.78 is 0. The fourth-order valence-corrected chi connectivity index (χ4v) is 4.31. The van der Waals surface area contributed by atoms with E-state index in [1.807, 2.05) is 0 Å². The van der Waals surface area contributed by atoms with Gasteiger partial charge in [-0.1, -0.05) is 13.3 Å². The molecule has 2 unspecified atom stereocenters. The molecule has 3 fully saturated rings. The third kappa shape index (κ3) is 3.55. The van der Waals surface area contributed by atoms with Gasteiger partial charge in [0, 0.05) is 19.1 Å². The maximum Gasteiger partial charge on any atom is 0.0793 e. The number of likely N-dealkylation sites (tertiary alicyclic amines) is 2. The number of β-amino-alcohol motifs (C(OH)–C–C–N with tert-alkyl or cyclic N) is 1. The van der Waals surface area contributed by atoms with E-state index in [0.717, 1.165) is 31.0 Å². The normalized spacial score (nSPS) is 32.4. The molecule has 2 atom stereocenters. The Morgan fingerprint density at radius 2 is 1.70 bits per heavy atom. The van der Waals surface area contributed by atoms with Crippen LogP contribution in [0.2, 0.25) is 0 Å². The molecule has 20 heavy (non-hydrogen) atoms. The predicted molar refractivity (Wildman–Crippen MR) is 82.8 cm³/mol. The molecular weight excluding hydrogens is 248 g/mol. The first-order valence-electron chi connectivity index (χ1n) is 8.87. The molecule has 0 amide bonds. The molecule has 3 heteroatoms. The largest absolute Gasteiger partial charge is 0.390 e. The molecule has 1 saturated carbocycles. The zero-order valence-electron chi connectivity index (χ0n) is 13.1. The van der Waals surface area contributed by atoms with Gasteiger partial charge in [0.1, 0.15) is 0 Å². The quantitative estimate of drug-likeness (QED) is 0.837. The topological polar surface area (TPSA) is 26.7 Å². The van der Waals surface area contributed by atoms with Gasteiger partial charge in [0.05, 0.1) is 6.10 Å². The van der Waals surface area contributed by atoms with E-state index in [4.69, 9.17) is 0 Å². The molecule has 0 radical (unpaired) electrons. The van der Waals surface area contributed by atoms with E-state index in [-0.39, 0.29) is 6.10 Å². The highest BCUT2D eigenvalue weighted by Crippen LogP contribution is 2.37. The minimum atomic E-state index is -0.149. The van der Waals surface area contributed by atoms with Gasteiger partial charge in [0.15, 0.2) is 0 Å². The van der Waals surface area contributed by atoms with Gasteiger partial charge in [-0.15, -0.1) is 0 Å². The Balaban J connectivity index is 1.42. The first kappa shape index (κ1) is 14.8. The Morgan fingerprint density at radius 3 is 2.35 bits per heavy atom. The zero-order chi connectivity index (χ0) is 13.9. The Hall–Kier alpha value is -0.120. The molecule has 0 spiro atoms. The number of hydrogen-bond acceptors (Lipinski definition) is 3. The highest BCUT2D eigenvalue weighted by atomic mass is 16.3. The standard InChI is InChI=1S/C17H32N2O/c1-14-7-10-18(11-8-14)12-16(20)13-19-9-3-6-17(19)15-4-2-5-15/h14-17,20H,2-13H2,1H3. The second-order valence-electron chi connectivity index (χ2n) is 7.53. The number of hydrogen-bond donors (Lipinski definition) is 1. The lowest BCUT2D eigenvalue weighted by Gasteiger charge is -2.38. The van der Waals surface area contributed by atoms with Crippen LogP contribution in [0.4, 0.5) is 0 Å². The molecular formula is C17H32N2O. The van der Waals surface area contributed by atoms with E-state index in [2.05, 4.69) is 16.7 Å². The van der Waals surface area contributed by atoms with E-state index in [1.54, 1.807) is 0 Å². The van der Waals surface area contributed by atoms with Crippen molar-refractivity contribution in [3.8, 4) is 0 Å². The van der Waals surface area contributed by atoms with Gasteiger partial charge < -0.3 is 10.0 Å². The van der Waals surface area contributed by atoms with Gasteiger partial charge in [-0.3, -0.25) is 4.90 Å². The van der Waals surface area contributed by atoms with Crippen molar-refractivity contribution in [1.29, 1.82) is 0 Å². The number of nitrogens with zero attached hydrogens (tertiary/aromatic N) is 2. The molecule has 1 N–H and O–H groups in total. The monoisotopic (exact) mass is 280 g/mol. The van der Waals surface area contributed by atoms with Crippen LogP contribution in [-0.4, -0.2) is 59.8 Å². The summed E-state index contributed by atoms with van der Waals surface area (Å²) in [5.41, 5.74) is 0. The molecule has 0 aromatic carbocycles. The van der Waals surface area contributed by atoms with E-state index >= 15 is 0 Å². The summed E-state index contributed by atoms with van der Waals surface area (Å²) in [6, 6.07) is 0.791. The highest BCUT2D eigenvalue weighted by Gasteiger charge is 2.35. The summed E-state index contributed by atoms with van der Waals surface area (Å²) in [5.74, 6) is 1.82. The van der Waals surface area contributed by atoms with E-state index in [0.29, 0.717) is 0 Å². The number of aliphatic hydroxyl groups is 1. The number of aliphatic hydroxyl groups excluding tert-OH is 1. The average Bonchev–Trinajstić information content (AvgIpc) is 2.78. The fourth-order valence-electron chi connectivity index (χ4n) is 4.31. The molecule has 2 saturated heterocycles. The molecule has 3 aliphatic rings. The molecule has 3 nitrogen and oxygen atoms in total. The molecule has 0 aromatic rings. The lowest BCUT2D eigenvalue weighted by atomic mass is 9.79. The van der Waals surface area contributed by atoms with Crippen LogP contribution in [0.3, 0.4) is 0 Å². The predicted octanol–water partition coefficient (Wildman–Crippen LogP) is 2.34. The Bertz CT molecular complexity index is 297. The van der Waals surface area contributed by atoms with Crippen molar-refractivity contribution in [2.75, 3.05) is 32.7 Å². The van der Waals surface area contributed by atoms with Gasteiger partial charge in [0.2, 0.25) is 0 Å². The summed E-state index contributed by atoms with van der Waals surface area (Å²) in [5, 5.41) is 10.4. The van der Waals surface area contributed by atoms with Crippen molar-refractivity contribution in [1.82, 2.24) is 9.80 Å². The van der Waals surface area contributed by atoms with E-state index in [1.165, 1.54) is 64.6 Å². The third-order valence-corrected chi connectivity index (χ3v) is 5.90. The van der Waals surface area contributed by atoms with Gasteiger partial charge in [-0.25, -0.2) is 0 Å². The maximum absolute atomic E-state index is 10.4. The minimum absolute atomic E-state index is 0.149. The Kier molecular flexibility index (Phi) is 5.00. The van der Waals surface area contributed by atoms with Crippen molar-refractivity contribution >= 4 is 0 Å². The van der Waals surface area contributed by atoms with Crippen LogP contribution in [0.5, 0.6) is 0 Å². The van der Waals surface area contributed by atoms with Gasteiger partial charge in [-0.2, -0.15) is 0 Å². The second-order valence-corrected chi connectivity index (χ2v) is 7.53. The minimum Gasteiger partial charge on any atom is -0.390 e. The van der Waals surface area contributed by atoms with Crippen LogP contribution < -0.4 is 0 Å². The summed E-state index contributed by atoms with van der Waals surface area (Å²) >= 11 is 0. The lowest BCUT2D eigenvalue weighted by Crippen LogP contribution is -2.46. The van der Waals surface area contributed by atoms with Gasteiger partial charge in [0.25, 0.3) is 0 Å². The summed E-state index contributed by atoms with van der Waals surface area (Å²) in [6.07, 6.45) is 9.48. The molecule has 3 rings (SSSR count). The van der Waals surface area contributed by atoms with Gasteiger partial charge in [-0.05, 0) is 70.0 Å². The molecule has 1 aliphatic carbocycles. The van der Waals surface area contributed by atoms with Crippen LogP contribution in [-0.2, 0) is 0 Å². The first-order valence-corrected chi connectivity index (χ1v) is 8.87. The summed E-state index contributed by atoms with van der Waals surface area (Å²) in [6.45, 7) is 7.73. The van der Waals surface area contributed by atoms with Crippen molar-refractivity contribution in [3.05, 3.63) is 0 Å². The summed E-state index contributed by atoms with van der Waals surface area (Å²) in [7, 11) is 0. The lowest BCUT2D eigenvalue weighted by molar-refractivity contribution is 0.0406.